The third kappa shape index (κ3) is 5.25. The molecule has 0 fully saturated rings. The zero-order valence-corrected chi connectivity index (χ0v) is 11.9. The zero-order chi connectivity index (χ0) is 15.7. The maximum atomic E-state index is 12.1. The lowest BCUT2D eigenvalue weighted by atomic mass is 10.0. The monoisotopic (exact) mass is 290 g/mol. The summed E-state index contributed by atoms with van der Waals surface area (Å²) in [5, 5.41) is 3.44. The number of unbranched alkanes of at least 4 members (excludes halogenated alkanes) is 2. The summed E-state index contributed by atoms with van der Waals surface area (Å²) in [5.74, 6) is -0.686. The van der Waals surface area contributed by atoms with Gasteiger partial charge in [0.25, 0.3) is 0 Å². The topological polar surface area (TPSA) is 118 Å². The highest BCUT2D eigenvalue weighted by Crippen LogP contribution is 2.20. The van der Waals surface area contributed by atoms with Gasteiger partial charge < -0.3 is 10.5 Å². The van der Waals surface area contributed by atoms with Gasteiger partial charge in [-0.1, -0.05) is 11.5 Å². The van der Waals surface area contributed by atoms with Crippen molar-refractivity contribution in [2.45, 2.75) is 25.7 Å². The van der Waals surface area contributed by atoms with Crippen molar-refractivity contribution in [3.05, 3.63) is 39.8 Å². The Morgan fingerprint density at radius 3 is 2.57 bits per heavy atom. The average Bonchev–Trinajstić information content (AvgIpc) is 2.50. The molecule has 0 aliphatic rings. The van der Waals surface area contributed by atoms with Gasteiger partial charge in [-0.25, -0.2) is 4.79 Å². The van der Waals surface area contributed by atoms with E-state index in [0.29, 0.717) is 18.5 Å². The Bertz CT molecular complexity index is 565. The Morgan fingerprint density at radius 1 is 1.24 bits per heavy atom. The van der Waals surface area contributed by atoms with Crippen LogP contribution in [0.5, 0.6) is 0 Å². The number of Topliss-reactive ketones (excluding diaryl/α,β-unsaturated/α-hetero) is 1. The summed E-state index contributed by atoms with van der Waals surface area (Å²) in [6.45, 7) is 0.604. The lowest BCUT2D eigenvalue weighted by Crippen LogP contribution is -2.05. The number of carbonyl (C=O) groups excluding carboxylic acids is 2. The highest BCUT2D eigenvalue weighted by Gasteiger charge is 2.12. The Morgan fingerprint density at radius 2 is 1.95 bits per heavy atom. The highest BCUT2D eigenvalue weighted by atomic mass is 16.5. The fraction of sp³-hybridized carbons (Fsp3) is 0.429. The van der Waals surface area contributed by atoms with E-state index in [0.717, 1.165) is 19.3 Å². The van der Waals surface area contributed by atoms with Gasteiger partial charge in [0.1, 0.15) is 0 Å². The van der Waals surface area contributed by atoms with E-state index in [1.807, 2.05) is 0 Å². The minimum Gasteiger partial charge on any atom is -0.465 e. The molecule has 0 heterocycles. The third-order valence-corrected chi connectivity index (χ3v) is 2.93. The zero-order valence-electron chi connectivity index (χ0n) is 11.9. The first kappa shape index (κ1) is 16.7. The number of nitrogens with zero attached hydrogens (tertiary/aromatic N) is 3. The van der Waals surface area contributed by atoms with Crippen molar-refractivity contribution in [3.8, 4) is 0 Å². The van der Waals surface area contributed by atoms with Crippen molar-refractivity contribution < 1.29 is 14.3 Å². The number of ether oxygens (including phenoxy) is 1. The lowest BCUT2D eigenvalue weighted by molar-refractivity contribution is 0.0600. The van der Waals surface area contributed by atoms with Crippen LogP contribution in [0.4, 0.5) is 5.69 Å². The van der Waals surface area contributed by atoms with Gasteiger partial charge in [0, 0.05) is 22.6 Å². The molecule has 0 atom stereocenters. The van der Waals surface area contributed by atoms with Crippen LogP contribution in [0.2, 0.25) is 0 Å². The second-order valence-electron chi connectivity index (χ2n) is 4.47. The van der Waals surface area contributed by atoms with Crippen LogP contribution in [0.1, 0.15) is 46.4 Å². The normalized spacial score (nSPS) is 9.81. The standard InChI is InChI=1S/C14H18N4O3/c1-21-14(20)11-7-10(8-12(9-11)17-18-16)13(19)5-3-2-4-6-15/h7-9H,2-6,15H2,1H3. The quantitative estimate of drug-likeness (QED) is 0.197. The second-order valence-corrected chi connectivity index (χ2v) is 4.47. The molecular weight excluding hydrogens is 272 g/mol. The molecule has 1 rings (SSSR count). The summed E-state index contributed by atoms with van der Waals surface area (Å²) in [5.41, 5.74) is 14.6. The Balaban J connectivity index is 2.94. The van der Waals surface area contributed by atoms with Crippen molar-refractivity contribution in [2.24, 2.45) is 10.8 Å². The first-order valence-electron chi connectivity index (χ1n) is 6.64. The number of rotatable bonds is 8. The summed E-state index contributed by atoms with van der Waals surface area (Å²) < 4.78 is 4.62. The SMILES string of the molecule is COC(=O)c1cc(N=[N+]=[N-])cc(C(=O)CCCCCN)c1. The Kier molecular flexibility index (Phi) is 6.94. The molecule has 0 unspecified atom stereocenters. The number of carbonyl (C=O) groups is 2. The van der Waals surface area contributed by atoms with E-state index >= 15 is 0 Å². The molecule has 7 nitrogen and oxygen atoms in total. The number of methoxy groups -OCH3 is 1. The van der Waals surface area contributed by atoms with Gasteiger partial charge in [-0.3, -0.25) is 4.79 Å². The molecule has 0 aliphatic carbocycles. The molecule has 0 aliphatic heterocycles. The predicted molar refractivity (Wildman–Crippen MR) is 78.4 cm³/mol. The average molecular weight is 290 g/mol. The highest BCUT2D eigenvalue weighted by molar-refractivity contribution is 6.00. The van der Waals surface area contributed by atoms with Gasteiger partial charge in [-0.15, -0.1) is 0 Å². The van der Waals surface area contributed by atoms with Crippen LogP contribution >= 0.6 is 0 Å². The minimum atomic E-state index is -0.581. The van der Waals surface area contributed by atoms with Crippen molar-refractivity contribution >= 4 is 17.4 Å². The smallest absolute Gasteiger partial charge is 0.337 e. The summed E-state index contributed by atoms with van der Waals surface area (Å²) in [6.07, 6.45) is 2.84. The maximum Gasteiger partial charge on any atom is 0.337 e. The number of esters is 1. The summed E-state index contributed by atoms with van der Waals surface area (Å²) in [7, 11) is 1.25. The molecule has 1 aromatic carbocycles. The van der Waals surface area contributed by atoms with Gasteiger partial charge in [0.15, 0.2) is 5.78 Å². The van der Waals surface area contributed by atoms with Gasteiger partial charge in [0.2, 0.25) is 0 Å². The third-order valence-electron chi connectivity index (χ3n) is 2.93. The first-order valence-corrected chi connectivity index (χ1v) is 6.64. The maximum absolute atomic E-state index is 12.1. The first-order chi connectivity index (χ1) is 10.1. The largest absolute Gasteiger partial charge is 0.465 e. The van der Waals surface area contributed by atoms with Crippen molar-refractivity contribution in [1.82, 2.24) is 0 Å². The van der Waals surface area contributed by atoms with Crippen molar-refractivity contribution in [2.75, 3.05) is 13.7 Å². The van der Waals surface area contributed by atoms with Gasteiger partial charge in [0.05, 0.1) is 12.7 Å². The molecule has 0 saturated heterocycles. The molecule has 0 amide bonds. The van der Waals surface area contributed by atoms with Crippen LogP contribution in [0.25, 0.3) is 10.4 Å². The van der Waals surface area contributed by atoms with Crippen molar-refractivity contribution in [1.29, 1.82) is 0 Å². The molecule has 1 aromatic rings. The molecule has 0 bridgehead atoms. The van der Waals surface area contributed by atoms with E-state index in [1.54, 1.807) is 0 Å². The Hall–Kier alpha value is -2.37. The van der Waals surface area contributed by atoms with E-state index in [9.17, 15) is 9.59 Å². The molecule has 7 heteroatoms. The Labute approximate surface area is 122 Å². The van der Waals surface area contributed by atoms with Crippen LogP contribution < -0.4 is 5.73 Å². The summed E-state index contributed by atoms with van der Waals surface area (Å²) >= 11 is 0. The molecule has 112 valence electrons. The molecular formula is C14H18N4O3. The van der Waals surface area contributed by atoms with E-state index in [4.69, 9.17) is 11.3 Å². The van der Waals surface area contributed by atoms with E-state index in [-0.39, 0.29) is 17.0 Å². The second kappa shape index (κ2) is 8.73. The van der Waals surface area contributed by atoms with Crippen LogP contribution in [-0.4, -0.2) is 25.4 Å². The van der Waals surface area contributed by atoms with E-state index in [1.165, 1.54) is 25.3 Å². The summed E-state index contributed by atoms with van der Waals surface area (Å²) in [4.78, 5) is 26.3. The molecule has 2 N–H and O–H groups in total. The number of hydrogen-bond acceptors (Lipinski definition) is 5. The summed E-state index contributed by atoms with van der Waals surface area (Å²) in [6, 6.07) is 4.31. The number of azide groups is 1. The number of benzene rings is 1. The molecule has 21 heavy (non-hydrogen) atoms. The van der Waals surface area contributed by atoms with Crippen molar-refractivity contribution in [3.63, 3.8) is 0 Å². The van der Waals surface area contributed by atoms with Crippen LogP contribution in [0.3, 0.4) is 0 Å². The minimum absolute atomic E-state index is 0.104. The fourth-order valence-electron chi connectivity index (χ4n) is 1.87. The van der Waals surface area contributed by atoms with Crippen LogP contribution in [0.15, 0.2) is 23.3 Å². The lowest BCUT2D eigenvalue weighted by Gasteiger charge is -2.06. The molecule has 0 aromatic heterocycles. The van der Waals surface area contributed by atoms with Crippen LogP contribution in [0, 0.1) is 0 Å². The molecule has 0 spiro atoms. The van der Waals surface area contributed by atoms with E-state index < -0.39 is 5.97 Å². The van der Waals surface area contributed by atoms with Gasteiger partial charge in [-0.2, -0.15) is 0 Å². The molecule has 0 saturated carbocycles. The van der Waals surface area contributed by atoms with E-state index in [2.05, 4.69) is 14.8 Å². The van der Waals surface area contributed by atoms with Gasteiger partial charge >= 0.3 is 5.97 Å². The number of nitrogens with two attached hydrogens (primary N) is 1. The predicted octanol–water partition coefficient (Wildman–Crippen LogP) is 3.12. The van der Waals surface area contributed by atoms with Crippen LogP contribution in [-0.2, 0) is 4.74 Å². The number of hydrogen-bond donors (Lipinski definition) is 1. The number of ketones is 1. The molecule has 0 radical (unpaired) electrons. The van der Waals surface area contributed by atoms with Gasteiger partial charge in [-0.05, 0) is 43.1 Å². The fourth-order valence-corrected chi connectivity index (χ4v) is 1.87.